The third kappa shape index (κ3) is 4.00. The van der Waals surface area contributed by atoms with Crippen molar-refractivity contribution >= 4 is 11.9 Å². The molecule has 0 aliphatic carbocycles. The summed E-state index contributed by atoms with van der Waals surface area (Å²) in [5.41, 5.74) is 0. The Morgan fingerprint density at radius 2 is 1.67 bits per heavy atom. The van der Waals surface area contributed by atoms with Gasteiger partial charge in [-0.3, -0.25) is 4.89 Å². The molecule has 2 unspecified atom stereocenters. The number of hydrogen-bond acceptors (Lipinski definition) is 6. The van der Waals surface area contributed by atoms with Crippen LogP contribution in [0, 0.1) is 0 Å². The Balaban J connectivity index is -0.000000500. The molecule has 0 saturated heterocycles. The van der Waals surface area contributed by atoms with Gasteiger partial charge in [0.05, 0.1) is 0 Å². The number of carbonyl (C=O) groups excluding carboxylic acids is 1. The van der Waals surface area contributed by atoms with Gasteiger partial charge >= 0.3 is 41.5 Å². The zero-order chi connectivity index (χ0) is 9.02. The zero-order valence-electron chi connectivity index (χ0n) is 7.17. The monoisotopic (exact) mass is 190 g/mol. The molecule has 0 aliphatic heterocycles. The number of carboxylic acid groups (broad SMARTS) is 1. The van der Waals surface area contributed by atoms with E-state index in [-0.39, 0.29) is 31.0 Å². The standard InChI is InChI=1S/C4H6O7.Na.H/c5-1(3(7)8)2(6)4(9)11-10;;/h1-2,5-6,10H,(H,7,8);;/q;+1;-1. The van der Waals surface area contributed by atoms with E-state index in [9.17, 15) is 9.59 Å². The predicted molar refractivity (Wildman–Crippen MR) is 29.5 cm³/mol. The Bertz CT molecular complexity index is 174. The molecule has 0 bridgehead atoms. The summed E-state index contributed by atoms with van der Waals surface area (Å²) in [4.78, 5) is 22.9. The molecule has 7 nitrogen and oxygen atoms in total. The largest absolute Gasteiger partial charge is 1.00 e. The van der Waals surface area contributed by atoms with Crippen molar-refractivity contribution in [3.05, 3.63) is 0 Å². The number of aliphatic carboxylic acids is 1. The summed E-state index contributed by atoms with van der Waals surface area (Å²) in [5, 5.41) is 32.5. The number of carbonyl (C=O) groups is 2. The Morgan fingerprint density at radius 3 is 1.92 bits per heavy atom. The molecule has 0 radical (unpaired) electrons. The second-order valence-electron chi connectivity index (χ2n) is 1.64. The molecule has 4 N–H and O–H groups in total. The van der Waals surface area contributed by atoms with E-state index in [1.807, 2.05) is 0 Å². The summed E-state index contributed by atoms with van der Waals surface area (Å²) in [5.74, 6) is -3.41. The minimum absolute atomic E-state index is 0. The van der Waals surface area contributed by atoms with Crippen LogP contribution in [-0.2, 0) is 14.5 Å². The van der Waals surface area contributed by atoms with Crippen LogP contribution < -0.4 is 29.6 Å². The smallest absolute Gasteiger partial charge is 1.00 e. The van der Waals surface area contributed by atoms with Gasteiger partial charge in [-0.05, 0) is 0 Å². The number of rotatable bonds is 3. The molecule has 0 rings (SSSR count). The summed E-state index contributed by atoms with van der Waals surface area (Å²) >= 11 is 0. The van der Waals surface area contributed by atoms with Crippen LogP contribution in [0.25, 0.3) is 0 Å². The van der Waals surface area contributed by atoms with Crippen molar-refractivity contribution < 1.29 is 66.0 Å². The molecule has 0 spiro atoms. The van der Waals surface area contributed by atoms with Crippen LogP contribution in [0.3, 0.4) is 0 Å². The maximum atomic E-state index is 10.1. The summed E-state index contributed by atoms with van der Waals surface area (Å²) in [6.07, 6.45) is -4.58. The van der Waals surface area contributed by atoms with Gasteiger partial charge in [0, 0.05) is 0 Å². The first-order valence-electron chi connectivity index (χ1n) is 2.45. The van der Waals surface area contributed by atoms with E-state index in [0.717, 1.165) is 0 Å². The van der Waals surface area contributed by atoms with Gasteiger partial charge in [0.25, 0.3) is 0 Å². The van der Waals surface area contributed by atoms with Crippen LogP contribution in [0.1, 0.15) is 1.43 Å². The van der Waals surface area contributed by atoms with Crippen molar-refractivity contribution in [2.24, 2.45) is 0 Å². The van der Waals surface area contributed by atoms with Gasteiger partial charge in [0.1, 0.15) is 0 Å². The van der Waals surface area contributed by atoms with Crippen LogP contribution in [0.4, 0.5) is 0 Å². The van der Waals surface area contributed by atoms with Crippen molar-refractivity contribution in [1.82, 2.24) is 0 Å². The average Bonchev–Trinajstić information content (AvgIpc) is 2.00. The van der Waals surface area contributed by atoms with Crippen molar-refractivity contribution in [3.8, 4) is 0 Å². The molecule has 2 atom stereocenters. The quantitative estimate of drug-likeness (QED) is 0.199. The number of hydrogen-bond donors (Lipinski definition) is 4. The maximum Gasteiger partial charge on any atom is 1.00 e. The van der Waals surface area contributed by atoms with Gasteiger partial charge in [-0.1, -0.05) is 0 Å². The summed E-state index contributed by atoms with van der Waals surface area (Å²) in [7, 11) is 0. The Hall–Kier alpha value is -0.180. The second kappa shape index (κ2) is 6.35. The van der Waals surface area contributed by atoms with Crippen LogP contribution in [-0.4, -0.2) is 44.7 Å². The van der Waals surface area contributed by atoms with Crippen molar-refractivity contribution in [2.75, 3.05) is 0 Å². The molecule has 8 heteroatoms. The summed E-state index contributed by atoms with van der Waals surface area (Å²) < 4.78 is 0. The average molecular weight is 190 g/mol. The van der Waals surface area contributed by atoms with E-state index in [1.54, 1.807) is 0 Å². The normalized spacial score (nSPS) is 13.9. The molecule has 0 fully saturated rings. The molecule has 0 aliphatic rings. The molecule has 0 amide bonds. The number of aliphatic hydroxyl groups is 2. The van der Waals surface area contributed by atoms with Gasteiger partial charge in [-0.15, -0.1) is 0 Å². The van der Waals surface area contributed by atoms with E-state index < -0.39 is 24.1 Å². The second-order valence-corrected chi connectivity index (χ2v) is 1.64. The number of aliphatic hydroxyl groups excluding tert-OH is 2. The fraction of sp³-hybridized carbons (Fsp3) is 0.500. The fourth-order valence-corrected chi connectivity index (χ4v) is 0.318. The minimum atomic E-state index is -2.30. The van der Waals surface area contributed by atoms with E-state index in [1.165, 1.54) is 0 Å². The zero-order valence-corrected chi connectivity index (χ0v) is 8.17. The molecule has 12 heavy (non-hydrogen) atoms. The van der Waals surface area contributed by atoms with Crippen LogP contribution in [0.15, 0.2) is 0 Å². The topological polar surface area (TPSA) is 124 Å². The first-order valence-corrected chi connectivity index (χ1v) is 2.45. The van der Waals surface area contributed by atoms with E-state index in [4.69, 9.17) is 20.6 Å². The first kappa shape index (κ1) is 14.3. The number of carboxylic acids is 1. The summed E-state index contributed by atoms with van der Waals surface area (Å²) in [6.45, 7) is 0. The molecular weight excluding hydrogens is 183 g/mol. The molecule has 66 valence electrons. The molecule has 0 aromatic heterocycles. The third-order valence-electron chi connectivity index (χ3n) is 0.884. The van der Waals surface area contributed by atoms with Gasteiger partial charge in [0.15, 0.2) is 12.2 Å². The van der Waals surface area contributed by atoms with Crippen molar-refractivity contribution in [2.45, 2.75) is 12.2 Å². The Morgan fingerprint density at radius 1 is 1.25 bits per heavy atom. The van der Waals surface area contributed by atoms with Gasteiger partial charge < -0.3 is 16.7 Å². The van der Waals surface area contributed by atoms with E-state index in [2.05, 4.69) is 4.89 Å². The first-order chi connectivity index (χ1) is 5.00. The molecular formula is C4H7NaO7. The molecule has 0 heterocycles. The van der Waals surface area contributed by atoms with Crippen molar-refractivity contribution in [3.63, 3.8) is 0 Å². The molecule has 0 aromatic rings. The summed E-state index contributed by atoms with van der Waals surface area (Å²) in [6, 6.07) is 0. The van der Waals surface area contributed by atoms with Crippen molar-refractivity contribution in [1.29, 1.82) is 0 Å². The van der Waals surface area contributed by atoms with Crippen LogP contribution in [0.5, 0.6) is 0 Å². The van der Waals surface area contributed by atoms with E-state index >= 15 is 0 Å². The van der Waals surface area contributed by atoms with Gasteiger partial charge in [0.2, 0.25) is 0 Å². The minimum Gasteiger partial charge on any atom is -1.00 e. The van der Waals surface area contributed by atoms with Crippen LogP contribution in [0.2, 0.25) is 0 Å². The Kier molecular flexibility index (Phi) is 7.59. The van der Waals surface area contributed by atoms with Gasteiger partial charge in [-0.2, -0.15) is 5.26 Å². The molecule has 0 saturated carbocycles. The molecule has 0 aromatic carbocycles. The fourth-order valence-electron chi connectivity index (χ4n) is 0.318. The maximum absolute atomic E-state index is 10.1. The SMILES string of the molecule is O=C(O)C(O)C(O)C(=O)OO.[H-].[Na+]. The Labute approximate surface area is 90.3 Å². The van der Waals surface area contributed by atoms with Gasteiger partial charge in [-0.25, -0.2) is 9.59 Å². The van der Waals surface area contributed by atoms with E-state index in [0.29, 0.717) is 0 Å². The van der Waals surface area contributed by atoms with Crippen LogP contribution >= 0.6 is 0 Å². The third-order valence-corrected chi connectivity index (χ3v) is 0.884. The predicted octanol–water partition coefficient (Wildman–Crippen LogP) is -5.07.